The van der Waals surface area contributed by atoms with Crippen LogP contribution in [0, 0.1) is 0 Å². The largest absolute Gasteiger partial charge is 0.450 e. The van der Waals surface area contributed by atoms with Crippen LogP contribution in [0.15, 0.2) is 36.8 Å². The molecular formula is C9H9BrN2O5S. The standard InChI is InChI=1S/C9H9BrN2O5S/c10-9-8(3-7(5-13)16-9)18(14,15)12-4-6-1-2-11-17-6/h1-3,12-13H,4-5H2. The number of nitrogens with zero attached hydrogens (tertiary/aromatic N) is 1. The Morgan fingerprint density at radius 1 is 1.44 bits per heavy atom. The van der Waals surface area contributed by atoms with Crippen LogP contribution in [-0.4, -0.2) is 18.7 Å². The van der Waals surface area contributed by atoms with Gasteiger partial charge in [-0.3, -0.25) is 0 Å². The molecule has 2 heterocycles. The van der Waals surface area contributed by atoms with Crippen molar-refractivity contribution in [1.29, 1.82) is 0 Å². The van der Waals surface area contributed by atoms with Crippen molar-refractivity contribution >= 4 is 26.0 Å². The normalized spacial score (nSPS) is 11.9. The van der Waals surface area contributed by atoms with Crippen LogP contribution in [0.25, 0.3) is 0 Å². The van der Waals surface area contributed by atoms with Crippen molar-refractivity contribution in [2.24, 2.45) is 0 Å². The van der Waals surface area contributed by atoms with Crippen molar-refractivity contribution in [3.8, 4) is 0 Å². The van der Waals surface area contributed by atoms with Gasteiger partial charge in [0.15, 0.2) is 10.4 Å². The first kappa shape index (κ1) is 13.3. The van der Waals surface area contributed by atoms with Crippen molar-refractivity contribution in [1.82, 2.24) is 9.88 Å². The summed E-state index contributed by atoms with van der Waals surface area (Å²) in [5.41, 5.74) is 0. The summed E-state index contributed by atoms with van der Waals surface area (Å²) in [7, 11) is -3.75. The van der Waals surface area contributed by atoms with Gasteiger partial charge in [-0.2, -0.15) is 0 Å². The fraction of sp³-hybridized carbons (Fsp3) is 0.222. The average molecular weight is 337 g/mol. The Balaban J connectivity index is 2.17. The molecule has 2 aromatic rings. The topological polar surface area (TPSA) is 106 Å². The second-order valence-corrected chi connectivity index (χ2v) is 5.77. The quantitative estimate of drug-likeness (QED) is 0.843. The number of hydrogen-bond donors (Lipinski definition) is 2. The summed E-state index contributed by atoms with van der Waals surface area (Å²) in [6.45, 7) is -0.398. The summed E-state index contributed by atoms with van der Waals surface area (Å²) in [6, 6.07) is 2.79. The SMILES string of the molecule is O=S(=O)(NCc1ccno1)c1cc(CO)oc1Br. The summed E-state index contributed by atoms with van der Waals surface area (Å²) in [4.78, 5) is -0.0777. The van der Waals surface area contributed by atoms with Gasteiger partial charge in [-0.1, -0.05) is 5.16 Å². The van der Waals surface area contributed by atoms with Crippen molar-refractivity contribution < 1.29 is 22.5 Å². The van der Waals surface area contributed by atoms with Gasteiger partial charge in [0.1, 0.15) is 17.3 Å². The molecule has 2 aromatic heterocycles. The zero-order valence-corrected chi connectivity index (χ0v) is 11.4. The number of aliphatic hydroxyl groups is 1. The molecule has 7 nitrogen and oxygen atoms in total. The van der Waals surface area contributed by atoms with Gasteiger partial charge in [0, 0.05) is 12.1 Å². The maximum atomic E-state index is 11.9. The minimum atomic E-state index is -3.75. The lowest BCUT2D eigenvalue weighted by Crippen LogP contribution is -2.22. The molecule has 2 N–H and O–H groups in total. The van der Waals surface area contributed by atoms with Crippen LogP contribution in [0.1, 0.15) is 11.5 Å². The molecule has 0 spiro atoms. The third kappa shape index (κ3) is 2.80. The number of furan rings is 1. The fourth-order valence-corrected chi connectivity index (χ4v) is 3.23. The third-order valence-corrected chi connectivity index (χ3v) is 4.34. The van der Waals surface area contributed by atoms with Gasteiger partial charge in [0.25, 0.3) is 0 Å². The van der Waals surface area contributed by atoms with E-state index in [1.54, 1.807) is 6.07 Å². The monoisotopic (exact) mass is 336 g/mol. The first-order valence-electron chi connectivity index (χ1n) is 4.81. The molecule has 0 fully saturated rings. The van der Waals surface area contributed by atoms with Crippen LogP contribution in [0.2, 0.25) is 0 Å². The van der Waals surface area contributed by atoms with Gasteiger partial charge < -0.3 is 14.0 Å². The molecule has 18 heavy (non-hydrogen) atoms. The van der Waals surface area contributed by atoms with Crippen molar-refractivity contribution in [2.75, 3.05) is 0 Å². The van der Waals surface area contributed by atoms with E-state index in [4.69, 9.17) is 14.0 Å². The molecule has 0 saturated carbocycles. The number of sulfonamides is 1. The second kappa shape index (κ2) is 5.22. The summed E-state index contributed by atoms with van der Waals surface area (Å²) >= 11 is 2.98. The smallest absolute Gasteiger partial charge is 0.245 e. The lowest BCUT2D eigenvalue weighted by Gasteiger charge is -2.02. The first-order valence-corrected chi connectivity index (χ1v) is 7.09. The Morgan fingerprint density at radius 2 is 2.22 bits per heavy atom. The molecular weight excluding hydrogens is 328 g/mol. The van der Waals surface area contributed by atoms with Gasteiger partial charge in [-0.25, -0.2) is 13.1 Å². The minimum Gasteiger partial charge on any atom is -0.450 e. The molecule has 0 atom stereocenters. The number of aromatic nitrogens is 1. The molecule has 2 rings (SSSR count). The number of aliphatic hydroxyl groups excluding tert-OH is 1. The third-order valence-electron chi connectivity index (χ3n) is 2.08. The molecule has 98 valence electrons. The molecule has 0 radical (unpaired) electrons. The summed E-state index contributed by atoms with van der Waals surface area (Å²) in [5.74, 6) is 0.544. The Morgan fingerprint density at radius 3 is 2.78 bits per heavy atom. The fourth-order valence-electron chi connectivity index (χ4n) is 1.24. The highest BCUT2D eigenvalue weighted by atomic mass is 79.9. The Kier molecular flexibility index (Phi) is 3.85. The van der Waals surface area contributed by atoms with Crippen molar-refractivity contribution in [3.63, 3.8) is 0 Å². The molecule has 9 heteroatoms. The molecule has 0 amide bonds. The number of nitrogens with one attached hydrogen (secondary N) is 1. The van der Waals surface area contributed by atoms with Crippen LogP contribution in [0.4, 0.5) is 0 Å². The van der Waals surface area contributed by atoms with Gasteiger partial charge in [0.05, 0.1) is 12.7 Å². The molecule has 0 aliphatic rings. The van der Waals surface area contributed by atoms with Crippen LogP contribution in [0.5, 0.6) is 0 Å². The van der Waals surface area contributed by atoms with E-state index in [2.05, 4.69) is 25.8 Å². The predicted molar refractivity (Wildman–Crippen MR) is 62.9 cm³/mol. The minimum absolute atomic E-state index is 0.0194. The van der Waals surface area contributed by atoms with E-state index in [0.29, 0.717) is 5.76 Å². The zero-order valence-electron chi connectivity index (χ0n) is 8.96. The molecule has 0 bridgehead atoms. The predicted octanol–water partition coefficient (Wildman–Crippen LogP) is 1.00. The van der Waals surface area contributed by atoms with E-state index in [1.807, 2.05) is 0 Å². The molecule has 0 aliphatic heterocycles. The number of rotatable bonds is 5. The van der Waals surface area contributed by atoms with E-state index in [0.717, 1.165) is 0 Å². The van der Waals surface area contributed by atoms with Gasteiger partial charge >= 0.3 is 0 Å². The summed E-state index contributed by atoms with van der Waals surface area (Å²) in [5, 5.41) is 12.3. The Bertz CT molecular complexity index is 619. The molecule has 0 unspecified atom stereocenters. The second-order valence-electron chi connectivity index (χ2n) is 3.31. The van der Waals surface area contributed by atoms with Crippen LogP contribution in [0.3, 0.4) is 0 Å². The van der Waals surface area contributed by atoms with E-state index in [9.17, 15) is 8.42 Å². The maximum Gasteiger partial charge on any atom is 0.245 e. The average Bonchev–Trinajstić information content (AvgIpc) is 2.95. The van der Waals surface area contributed by atoms with Crippen molar-refractivity contribution in [3.05, 3.63) is 34.5 Å². The van der Waals surface area contributed by atoms with Gasteiger partial charge in [-0.15, -0.1) is 0 Å². The van der Waals surface area contributed by atoms with E-state index in [-0.39, 0.29) is 28.5 Å². The molecule has 0 aromatic carbocycles. The van der Waals surface area contributed by atoms with E-state index in [1.165, 1.54) is 12.3 Å². The summed E-state index contributed by atoms with van der Waals surface area (Å²) in [6.07, 6.45) is 1.42. The Hall–Kier alpha value is -1.16. The molecule has 0 saturated heterocycles. The highest BCUT2D eigenvalue weighted by molar-refractivity contribution is 9.10. The number of hydrogen-bond acceptors (Lipinski definition) is 6. The molecule has 0 aliphatic carbocycles. The van der Waals surface area contributed by atoms with Crippen LogP contribution >= 0.6 is 15.9 Å². The number of halogens is 1. The first-order chi connectivity index (χ1) is 8.53. The van der Waals surface area contributed by atoms with E-state index < -0.39 is 10.0 Å². The van der Waals surface area contributed by atoms with Crippen LogP contribution < -0.4 is 4.72 Å². The van der Waals surface area contributed by atoms with Gasteiger partial charge in [-0.05, 0) is 15.9 Å². The lowest BCUT2D eigenvalue weighted by molar-refractivity contribution is 0.245. The highest BCUT2D eigenvalue weighted by Crippen LogP contribution is 2.26. The summed E-state index contributed by atoms with van der Waals surface area (Å²) < 4.78 is 36.0. The highest BCUT2D eigenvalue weighted by Gasteiger charge is 2.22. The van der Waals surface area contributed by atoms with Crippen LogP contribution in [-0.2, 0) is 23.2 Å². The van der Waals surface area contributed by atoms with Gasteiger partial charge in [0.2, 0.25) is 10.0 Å². The maximum absolute atomic E-state index is 11.9. The Labute approximate surface area is 111 Å². The van der Waals surface area contributed by atoms with E-state index >= 15 is 0 Å². The zero-order chi connectivity index (χ0) is 13.2. The van der Waals surface area contributed by atoms with Crippen molar-refractivity contribution in [2.45, 2.75) is 18.0 Å². The lowest BCUT2D eigenvalue weighted by atomic mass is 10.5.